The molecule has 0 fully saturated rings. The van der Waals surface area contributed by atoms with E-state index in [1.54, 1.807) is 0 Å². The molecule has 9 heteroatoms. The van der Waals surface area contributed by atoms with Crippen molar-refractivity contribution < 1.29 is 28.0 Å². The molecule has 1 aromatic carbocycles. The van der Waals surface area contributed by atoms with Crippen LogP contribution in [0.4, 0.5) is 18.9 Å². The number of nitrogens with zero attached hydrogens (tertiary/aromatic N) is 1. The molecular weight excluding hydrogens is 269 g/mol. The summed E-state index contributed by atoms with van der Waals surface area (Å²) in [5.41, 5.74) is -1.09. The van der Waals surface area contributed by atoms with Crippen molar-refractivity contribution in [1.29, 1.82) is 0 Å². The van der Waals surface area contributed by atoms with Gasteiger partial charge in [0.1, 0.15) is 11.3 Å². The largest absolute Gasteiger partial charge is 0.508 e. The van der Waals surface area contributed by atoms with Crippen molar-refractivity contribution in [3.63, 3.8) is 0 Å². The highest BCUT2D eigenvalue weighted by Crippen LogP contribution is 2.23. The smallest absolute Gasteiger partial charge is 0.390 e. The Hall–Kier alpha value is -2.32. The van der Waals surface area contributed by atoms with Crippen molar-refractivity contribution in [2.45, 2.75) is 12.6 Å². The number of hydrogen-bond donors (Lipinski definition) is 2. The van der Waals surface area contributed by atoms with Crippen LogP contribution in [0.25, 0.3) is 0 Å². The van der Waals surface area contributed by atoms with Gasteiger partial charge in [-0.3, -0.25) is 14.9 Å². The van der Waals surface area contributed by atoms with Crippen molar-refractivity contribution in [1.82, 2.24) is 5.32 Å². The van der Waals surface area contributed by atoms with Gasteiger partial charge in [-0.25, -0.2) is 0 Å². The molecule has 104 valence electrons. The van der Waals surface area contributed by atoms with Crippen molar-refractivity contribution in [2.24, 2.45) is 0 Å². The summed E-state index contributed by atoms with van der Waals surface area (Å²) in [6, 6.07) is 2.72. The number of halogens is 3. The molecule has 0 aliphatic heterocycles. The maximum Gasteiger partial charge on any atom is 0.390 e. The summed E-state index contributed by atoms with van der Waals surface area (Å²) in [6.07, 6.45) is -5.68. The van der Waals surface area contributed by atoms with Crippen LogP contribution in [0.1, 0.15) is 16.8 Å². The average Bonchev–Trinajstić information content (AvgIpc) is 2.26. The first-order chi connectivity index (χ1) is 8.70. The van der Waals surface area contributed by atoms with E-state index >= 15 is 0 Å². The van der Waals surface area contributed by atoms with Gasteiger partial charge in [0.05, 0.1) is 11.3 Å². The Morgan fingerprint density at radius 1 is 1.42 bits per heavy atom. The van der Waals surface area contributed by atoms with E-state index in [1.807, 2.05) is 5.32 Å². The minimum Gasteiger partial charge on any atom is -0.508 e. The minimum atomic E-state index is -4.43. The molecule has 0 aromatic heterocycles. The van der Waals surface area contributed by atoms with Crippen LogP contribution < -0.4 is 5.32 Å². The maximum atomic E-state index is 11.9. The Balaban J connectivity index is 2.81. The second-order valence-electron chi connectivity index (χ2n) is 3.58. The lowest BCUT2D eigenvalue weighted by Gasteiger charge is -2.08. The van der Waals surface area contributed by atoms with Crippen molar-refractivity contribution in [2.75, 3.05) is 6.54 Å². The van der Waals surface area contributed by atoms with E-state index in [-0.39, 0.29) is 0 Å². The molecule has 0 heterocycles. The third-order valence-corrected chi connectivity index (χ3v) is 2.12. The van der Waals surface area contributed by atoms with Gasteiger partial charge in [0, 0.05) is 12.6 Å². The first-order valence-corrected chi connectivity index (χ1v) is 5.03. The van der Waals surface area contributed by atoms with E-state index in [0.717, 1.165) is 18.2 Å². The second kappa shape index (κ2) is 5.55. The zero-order chi connectivity index (χ0) is 14.6. The molecule has 1 amide bonds. The van der Waals surface area contributed by atoms with Crippen molar-refractivity contribution in [3.8, 4) is 5.75 Å². The lowest BCUT2D eigenvalue weighted by atomic mass is 10.1. The van der Waals surface area contributed by atoms with Gasteiger partial charge in [-0.15, -0.1) is 0 Å². The monoisotopic (exact) mass is 278 g/mol. The summed E-state index contributed by atoms with van der Waals surface area (Å²) in [5, 5.41) is 21.7. The van der Waals surface area contributed by atoms with Crippen LogP contribution in [0.5, 0.6) is 5.75 Å². The van der Waals surface area contributed by atoms with Crippen molar-refractivity contribution >= 4 is 11.6 Å². The Kier molecular flexibility index (Phi) is 4.30. The fourth-order valence-electron chi connectivity index (χ4n) is 1.28. The SMILES string of the molecule is O=C(NCCC(F)(F)F)c1cc(O)ccc1[N+](=O)[O-]. The summed E-state index contributed by atoms with van der Waals surface area (Å²) < 4.78 is 35.6. The Labute approximate surface area is 105 Å². The molecule has 0 saturated carbocycles. The van der Waals surface area contributed by atoms with E-state index in [2.05, 4.69) is 0 Å². The molecule has 0 aliphatic carbocycles. The summed E-state index contributed by atoms with van der Waals surface area (Å²) >= 11 is 0. The molecule has 1 rings (SSSR count). The molecule has 6 nitrogen and oxygen atoms in total. The van der Waals surface area contributed by atoms with Gasteiger partial charge in [-0.05, 0) is 12.1 Å². The van der Waals surface area contributed by atoms with E-state index in [0.29, 0.717) is 0 Å². The molecule has 19 heavy (non-hydrogen) atoms. The van der Waals surface area contributed by atoms with Gasteiger partial charge >= 0.3 is 6.18 Å². The van der Waals surface area contributed by atoms with Crippen LogP contribution in [0.3, 0.4) is 0 Å². The zero-order valence-electron chi connectivity index (χ0n) is 9.40. The molecular formula is C10H9F3N2O4. The highest BCUT2D eigenvalue weighted by atomic mass is 19.4. The number of nitro benzene ring substituents is 1. The predicted octanol–water partition coefficient (Wildman–Crippen LogP) is 1.98. The van der Waals surface area contributed by atoms with E-state index in [9.17, 15) is 28.1 Å². The molecule has 1 aromatic rings. The zero-order valence-corrected chi connectivity index (χ0v) is 9.40. The first-order valence-electron chi connectivity index (χ1n) is 5.03. The number of carbonyl (C=O) groups excluding carboxylic acids is 1. The first kappa shape index (κ1) is 14.7. The number of aromatic hydroxyl groups is 1. The summed E-state index contributed by atoms with van der Waals surface area (Å²) in [5.74, 6) is -1.45. The van der Waals surface area contributed by atoms with Gasteiger partial charge in [0.2, 0.25) is 0 Å². The molecule has 0 radical (unpaired) electrons. The number of nitrogens with one attached hydrogen (secondary N) is 1. The quantitative estimate of drug-likeness (QED) is 0.650. The second-order valence-corrected chi connectivity index (χ2v) is 3.58. The number of carbonyl (C=O) groups is 1. The van der Waals surface area contributed by atoms with Gasteiger partial charge in [0.15, 0.2) is 0 Å². The van der Waals surface area contributed by atoms with Gasteiger partial charge < -0.3 is 10.4 Å². The number of benzene rings is 1. The third-order valence-electron chi connectivity index (χ3n) is 2.12. The van der Waals surface area contributed by atoms with Crippen LogP contribution >= 0.6 is 0 Å². The van der Waals surface area contributed by atoms with Crippen molar-refractivity contribution in [3.05, 3.63) is 33.9 Å². The minimum absolute atomic E-state index is 0.397. The summed E-state index contributed by atoms with van der Waals surface area (Å²) in [4.78, 5) is 21.3. The number of hydrogen-bond acceptors (Lipinski definition) is 4. The molecule has 2 N–H and O–H groups in total. The number of rotatable bonds is 4. The maximum absolute atomic E-state index is 11.9. The number of amides is 1. The Bertz CT molecular complexity index is 502. The topological polar surface area (TPSA) is 92.5 Å². The van der Waals surface area contributed by atoms with Crippen LogP contribution in [-0.2, 0) is 0 Å². The predicted molar refractivity (Wildman–Crippen MR) is 57.8 cm³/mol. The lowest BCUT2D eigenvalue weighted by Crippen LogP contribution is -2.28. The fraction of sp³-hybridized carbons (Fsp3) is 0.300. The Morgan fingerprint density at radius 2 is 2.05 bits per heavy atom. The standard InChI is InChI=1S/C10H9F3N2O4/c11-10(12,13)3-4-14-9(17)7-5-6(16)1-2-8(7)15(18)19/h1-2,5,16H,3-4H2,(H,14,17). The highest BCUT2D eigenvalue weighted by Gasteiger charge is 2.27. The van der Waals surface area contributed by atoms with Gasteiger partial charge in [0.25, 0.3) is 11.6 Å². The average molecular weight is 278 g/mol. The molecule has 0 bridgehead atoms. The number of nitro groups is 1. The van der Waals surface area contributed by atoms with Crippen LogP contribution in [-0.4, -0.2) is 28.7 Å². The van der Waals surface area contributed by atoms with Gasteiger partial charge in [-0.2, -0.15) is 13.2 Å². The van der Waals surface area contributed by atoms with Crippen LogP contribution in [0.2, 0.25) is 0 Å². The molecule has 0 aliphatic rings. The number of phenolic OH excluding ortho intramolecular Hbond substituents is 1. The molecule has 0 saturated heterocycles. The summed E-state index contributed by atoms with van der Waals surface area (Å²) in [7, 11) is 0. The lowest BCUT2D eigenvalue weighted by molar-refractivity contribution is -0.385. The van der Waals surface area contributed by atoms with E-state index in [4.69, 9.17) is 5.11 Å². The van der Waals surface area contributed by atoms with Crippen LogP contribution in [0.15, 0.2) is 18.2 Å². The van der Waals surface area contributed by atoms with Gasteiger partial charge in [-0.1, -0.05) is 0 Å². The molecule has 0 atom stereocenters. The summed E-state index contributed by atoms with van der Waals surface area (Å²) in [6.45, 7) is -0.699. The Morgan fingerprint density at radius 3 is 2.58 bits per heavy atom. The molecule has 0 unspecified atom stereocenters. The van der Waals surface area contributed by atoms with E-state index in [1.165, 1.54) is 0 Å². The normalized spacial score (nSPS) is 11.1. The highest BCUT2D eigenvalue weighted by molar-refractivity contribution is 5.98. The van der Waals surface area contributed by atoms with E-state index < -0.39 is 47.0 Å². The fourth-order valence-corrected chi connectivity index (χ4v) is 1.28. The number of alkyl halides is 3. The number of phenols is 1. The van der Waals surface area contributed by atoms with Crippen LogP contribution in [0, 0.1) is 10.1 Å². The molecule has 0 spiro atoms. The third kappa shape index (κ3) is 4.45.